The van der Waals surface area contributed by atoms with Gasteiger partial charge in [-0.1, -0.05) is 158 Å². The highest BCUT2D eigenvalue weighted by molar-refractivity contribution is 6.21. The van der Waals surface area contributed by atoms with Gasteiger partial charge in [0.05, 0.1) is 11.0 Å². The smallest absolute Gasteiger partial charge is 0.0541 e. The van der Waals surface area contributed by atoms with Crippen molar-refractivity contribution in [1.29, 1.82) is 0 Å². The Balaban J connectivity index is 0.998. The van der Waals surface area contributed by atoms with E-state index in [0.29, 0.717) is 0 Å². The summed E-state index contributed by atoms with van der Waals surface area (Å²) in [7, 11) is 0. The number of benzene rings is 10. The van der Waals surface area contributed by atoms with Crippen LogP contribution in [0.5, 0.6) is 0 Å². The van der Waals surface area contributed by atoms with E-state index in [1.54, 1.807) is 0 Å². The lowest BCUT2D eigenvalue weighted by Crippen LogP contribution is -2.10. The maximum atomic E-state index is 2.37. The van der Waals surface area contributed by atoms with Crippen molar-refractivity contribution in [3.63, 3.8) is 0 Å². The lowest BCUT2D eigenvalue weighted by Gasteiger charge is -2.26. The number of rotatable bonds is 7. The Kier molecular flexibility index (Phi) is 8.41. The number of hydrogen-bond donors (Lipinski definition) is 0. The number of fused-ring (bicyclic) bond motifs is 5. The second-order valence-electron chi connectivity index (χ2n) is 15.4. The summed E-state index contributed by atoms with van der Waals surface area (Å²) in [5, 5.41) is 7.55. The van der Waals surface area contributed by atoms with Gasteiger partial charge < -0.3 is 9.47 Å². The normalized spacial score (nSPS) is 11.5. The lowest BCUT2D eigenvalue weighted by molar-refractivity contribution is 1.18. The van der Waals surface area contributed by atoms with Gasteiger partial charge in [-0.2, -0.15) is 0 Å². The highest BCUT2D eigenvalue weighted by Crippen LogP contribution is 2.45. The molecule has 0 fully saturated rings. The first-order valence-corrected chi connectivity index (χ1v) is 20.3. The maximum absolute atomic E-state index is 2.37. The Hall–Kier alpha value is -7.68. The molecule has 11 rings (SSSR count). The maximum Gasteiger partial charge on any atom is 0.0541 e. The fraction of sp³-hybridized carbons (Fsp3) is 0.0175. The summed E-state index contributed by atoms with van der Waals surface area (Å²) in [6, 6.07) is 81.7. The summed E-state index contributed by atoms with van der Waals surface area (Å²) >= 11 is 0. The quantitative estimate of drug-likeness (QED) is 0.147. The van der Waals surface area contributed by atoms with Gasteiger partial charge in [0.1, 0.15) is 0 Å². The largest absolute Gasteiger partial charge is 0.310 e. The van der Waals surface area contributed by atoms with E-state index in [2.05, 4.69) is 241 Å². The molecule has 0 saturated heterocycles. The minimum atomic E-state index is 1.11. The first-order valence-electron chi connectivity index (χ1n) is 20.3. The van der Waals surface area contributed by atoms with Gasteiger partial charge in [-0.25, -0.2) is 0 Å². The first kappa shape index (κ1) is 34.6. The van der Waals surface area contributed by atoms with Crippen LogP contribution in [0, 0.1) is 6.92 Å². The van der Waals surface area contributed by atoms with Crippen molar-refractivity contribution in [2.24, 2.45) is 0 Å². The van der Waals surface area contributed by atoms with Crippen molar-refractivity contribution < 1.29 is 0 Å². The molecule has 0 aliphatic heterocycles. The van der Waals surface area contributed by atoms with Crippen LogP contribution in [0.1, 0.15) is 5.56 Å². The van der Waals surface area contributed by atoms with E-state index in [1.807, 2.05) is 0 Å². The number of aromatic nitrogens is 1. The van der Waals surface area contributed by atoms with Crippen LogP contribution in [0.15, 0.2) is 224 Å². The molecule has 0 atom stereocenters. The van der Waals surface area contributed by atoms with Gasteiger partial charge >= 0.3 is 0 Å². The molecular weight excluding hydrogens is 713 g/mol. The molecule has 0 radical (unpaired) electrons. The Bertz CT molecular complexity index is 3250. The molecule has 0 bridgehead atoms. The summed E-state index contributed by atoms with van der Waals surface area (Å²) in [5.41, 5.74) is 15.5. The second-order valence-corrected chi connectivity index (χ2v) is 15.4. The topological polar surface area (TPSA) is 8.17 Å². The Labute approximate surface area is 344 Å². The molecule has 2 heteroatoms. The Morgan fingerprint density at radius 3 is 1.37 bits per heavy atom. The Morgan fingerprint density at radius 2 is 0.780 bits per heavy atom. The molecule has 1 heterocycles. The van der Waals surface area contributed by atoms with E-state index in [-0.39, 0.29) is 0 Å². The zero-order valence-corrected chi connectivity index (χ0v) is 32.8. The molecule has 1 aromatic heterocycles. The number of nitrogens with zero attached hydrogens (tertiary/aromatic N) is 2. The van der Waals surface area contributed by atoms with E-state index >= 15 is 0 Å². The van der Waals surface area contributed by atoms with Crippen LogP contribution in [-0.2, 0) is 0 Å². The van der Waals surface area contributed by atoms with Crippen LogP contribution in [0.3, 0.4) is 0 Å². The third-order valence-corrected chi connectivity index (χ3v) is 11.8. The molecule has 0 unspecified atom stereocenters. The molecule has 278 valence electrons. The third-order valence-electron chi connectivity index (χ3n) is 11.8. The molecule has 0 spiro atoms. The molecular formula is C57H40N2. The molecule has 11 aromatic rings. The number of para-hydroxylation sites is 2. The minimum Gasteiger partial charge on any atom is -0.310 e. The predicted octanol–water partition coefficient (Wildman–Crippen LogP) is 15.9. The number of hydrogen-bond acceptors (Lipinski definition) is 1. The van der Waals surface area contributed by atoms with Crippen LogP contribution >= 0.6 is 0 Å². The van der Waals surface area contributed by atoms with Crippen LogP contribution < -0.4 is 4.90 Å². The standard InChI is InChI=1S/C57H40N2/c1-39-15-14-20-47(37-39)58(45-32-27-40(28-33-45)43-31-36-55-53(38-43)48-21-12-13-26-54(48)59(55)44-18-6-3-7-19-44)46-34-29-42(30-35-46)57-51-24-10-8-22-49(51)56(41-16-4-2-5-17-41)50-23-9-11-25-52(50)57/h2-38H,1H3. The van der Waals surface area contributed by atoms with Gasteiger partial charge in [0.15, 0.2) is 0 Å². The van der Waals surface area contributed by atoms with E-state index < -0.39 is 0 Å². The molecule has 0 saturated carbocycles. The van der Waals surface area contributed by atoms with Crippen molar-refractivity contribution in [3.05, 3.63) is 230 Å². The van der Waals surface area contributed by atoms with E-state index in [0.717, 1.165) is 17.1 Å². The molecule has 0 aliphatic rings. The summed E-state index contributed by atoms with van der Waals surface area (Å²) in [6.45, 7) is 2.16. The molecule has 0 aliphatic carbocycles. The van der Waals surface area contributed by atoms with Crippen LogP contribution in [0.25, 0.3) is 82.4 Å². The van der Waals surface area contributed by atoms with Crippen molar-refractivity contribution in [3.8, 4) is 39.1 Å². The average Bonchev–Trinajstić information content (AvgIpc) is 3.63. The van der Waals surface area contributed by atoms with Crippen LogP contribution in [0.4, 0.5) is 17.1 Å². The van der Waals surface area contributed by atoms with Gasteiger partial charge in [0.25, 0.3) is 0 Å². The molecule has 0 N–H and O–H groups in total. The minimum absolute atomic E-state index is 1.11. The van der Waals surface area contributed by atoms with Gasteiger partial charge in [-0.15, -0.1) is 0 Å². The van der Waals surface area contributed by atoms with Crippen molar-refractivity contribution in [2.45, 2.75) is 6.92 Å². The highest BCUT2D eigenvalue weighted by Gasteiger charge is 2.19. The summed E-state index contributed by atoms with van der Waals surface area (Å²) in [4.78, 5) is 2.37. The van der Waals surface area contributed by atoms with E-state index in [1.165, 1.54) is 88.0 Å². The second kappa shape index (κ2) is 14.4. The van der Waals surface area contributed by atoms with Gasteiger partial charge in [-0.05, 0) is 134 Å². The van der Waals surface area contributed by atoms with Crippen LogP contribution in [-0.4, -0.2) is 4.57 Å². The zero-order valence-electron chi connectivity index (χ0n) is 32.8. The third kappa shape index (κ3) is 5.97. The predicted molar refractivity (Wildman–Crippen MR) is 252 cm³/mol. The van der Waals surface area contributed by atoms with E-state index in [4.69, 9.17) is 0 Å². The summed E-state index contributed by atoms with van der Waals surface area (Å²) < 4.78 is 2.37. The summed E-state index contributed by atoms with van der Waals surface area (Å²) in [5.74, 6) is 0. The molecule has 0 amide bonds. The van der Waals surface area contributed by atoms with Crippen molar-refractivity contribution in [2.75, 3.05) is 4.90 Å². The van der Waals surface area contributed by atoms with Crippen molar-refractivity contribution in [1.82, 2.24) is 4.57 Å². The monoisotopic (exact) mass is 752 g/mol. The number of anilines is 3. The Morgan fingerprint density at radius 1 is 0.305 bits per heavy atom. The average molecular weight is 753 g/mol. The summed E-state index contributed by atoms with van der Waals surface area (Å²) in [6.07, 6.45) is 0. The fourth-order valence-electron chi connectivity index (χ4n) is 9.16. The molecule has 10 aromatic carbocycles. The fourth-order valence-corrected chi connectivity index (χ4v) is 9.16. The molecule has 59 heavy (non-hydrogen) atoms. The number of aryl methyl sites for hydroxylation is 1. The first-order chi connectivity index (χ1) is 29.2. The van der Waals surface area contributed by atoms with Crippen molar-refractivity contribution >= 4 is 60.4 Å². The van der Waals surface area contributed by atoms with Crippen LogP contribution in [0.2, 0.25) is 0 Å². The van der Waals surface area contributed by atoms with E-state index in [9.17, 15) is 0 Å². The van der Waals surface area contributed by atoms with Gasteiger partial charge in [0, 0.05) is 33.5 Å². The molecule has 2 nitrogen and oxygen atoms in total. The zero-order chi connectivity index (χ0) is 39.3. The SMILES string of the molecule is Cc1cccc(N(c2ccc(-c3ccc4c(c3)c3ccccc3n4-c3ccccc3)cc2)c2ccc(-c3c4ccccc4c(-c4ccccc4)c4ccccc34)cc2)c1. The highest BCUT2D eigenvalue weighted by atomic mass is 15.1. The van der Waals surface area contributed by atoms with Gasteiger partial charge in [-0.3, -0.25) is 0 Å². The van der Waals surface area contributed by atoms with Gasteiger partial charge in [0.2, 0.25) is 0 Å². The lowest BCUT2D eigenvalue weighted by atomic mass is 9.86.